The van der Waals surface area contributed by atoms with Gasteiger partial charge in [-0.1, -0.05) is 49.4 Å². The van der Waals surface area contributed by atoms with E-state index in [4.69, 9.17) is 10.5 Å². The minimum absolute atomic E-state index is 0.606. The van der Waals surface area contributed by atoms with Crippen molar-refractivity contribution in [2.45, 2.75) is 26.8 Å². The molecular formula is C20H32N2O. The summed E-state index contributed by atoms with van der Waals surface area (Å²) in [5.41, 5.74) is 9.44. The van der Waals surface area contributed by atoms with E-state index in [-0.39, 0.29) is 0 Å². The van der Waals surface area contributed by atoms with Crippen LogP contribution in [-0.2, 0) is 11.3 Å². The van der Waals surface area contributed by atoms with Gasteiger partial charge in [-0.3, -0.25) is 0 Å². The lowest BCUT2D eigenvalue weighted by Crippen LogP contribution is -2.30. The molecule has 0 spiro atoms. The Hall–Kier alpha value is -1.68. The highest BCUT2D eigenvalue weighted by atomic mass is 16.5. The molecule has 0 radical (unpaired) electrons. The van der Waals surface area contributed by atoms with E-state index in [9.17, 15) is 0 Å². The van der Waals surface area contributed by atoms with Gasteiger partial charge < -0.3 is 15.8 Å². The molecule has 23 heavy (non-hydrogen) atoms. The quantitative estimate of drug-likeness (QED) is 0.654. The summed E-state index contributed by atoms with van der Waals surface area (Å²) in [7, 11) is 0. The fourth-order valence-corrected chi connectivity index (χ4v) is 2.04. The Labute approximate surface area is 141 Å². The number of ether oxygens (including phenoxy) is 1. The molecule has 1 aromatic carbocycles. The van der Waals surface area contributed by atoms with Gasteiger partial charge in [-0.2, -0.15) is 0 Å². The third-order valence-corrected chi connectivity index (χ3v) is 3.25. The smallest absolute Gasteiger partial charge is 0.0591 e. The maximum Gasteiger partial charge on any atom is 0.0591 e. The lowest BCUT2D eigenvalue weighted by Gasteiger charge is -2.10. The van der Waals surface area contributed by atoms with E-state index >= 15 is 0 Å². The number of allylic oxidation sites excluding steroid dienone is 4. The molecule has 1 aromatic rings. The zero-order valence-electron chi connectivity index (χ0n) is 14.7. The van der Waals surface area contributed by atoms with E-state index < -0.39 is 0 Å². The minimum atomic E-state index is 0.606. The summed E-state index contributed by atoms with van der Waals surface area (Å²) in [6, 6.07) is 8.43. The van der Waals surface area contributed by atoms with Gasteiger partial charge >= 0.3 is 0 Å². The lowest BCUT2D eigenvalue weighted by molar-refractivity contribution is 0.109. The summed E-state index contributed by atoms with van der Waals surface area (Å²) < 4.78 is 5.01. The molecule has 1 saturated heterocycles. The van der Waals surface area contributed by atoms with Gasteiger partial charge in [0, 0.05) is 19.6 Å². The maximum absolute atomic E-state index is 5.63. The van der Waals surface area contributed by atoms with E-state index in [0.717, 1.165) is 32.7 Å². The van der Waals surface area contributed by atoms with Crippen molar-refractivity contribution >= 4 is 5.57 Å². The molecule has 3 N–H and O–H groups in total. The summed E-state index contributed by atoms with van der Waals surface area (Å²) in [5, 5.41) is 3.16. The first-order chi connectivity index (χ1) is 11.3. The maximum atomic E-state index is 5.63. The molecule has 0 unspecified atom stereocenters. The van der Waals surface area contributed by atoms with E-state index in [1.807, 2.05) is 13.0 Å². The van der Waals surface area contributed by atoms with Crippen LogP contribution in [0.5, 0.6) is 0 Å². The fraction of sp³-hybridized carbons (Fsp3) is 0.400. The highest BCUT2D eigenvalue weighted by molar-refractivity contribution is 5.67. The monoisotopic (exact) mass is 316 g/mol. The first kappa shape index (κ1) is 21.3. The van der Waals surface area contributed by atoms with E-state index in [1.165, 1.54) is 16.7 Å². The van der Waals surface area contributed by atoms with Crippen molar-refractivity contribution in [1.82, 2.24) is 5.32 Å². The molecule has 128 valence electrons. The highest BCUT2D eigenvalue weighted by Crippen LogP contribution is 2.19. The zero-order chi connectivity index (χ0) is 17.3. The van der Waals surface area contributed by atoms with Crippen LogP contribution in [0.15, 0.2) is 55.7 Å². The van der Waals surface area contributed by atoms with Crippen LogP contribution in [0.3, 0.4) is 0 Å². The van der Waals surface area contributed by atoms with Crippen LogP contribution in [-0.4, -0.2) is 26.3 Å². The summed E-state index contributed by atoms with van der Waals surface area (Å²) in [5.74, 6) is 0. The normalized spacial score (nSPS) is 14.5. The van der Waals surface area contributed by atoms with Crippen molar-refractivity contribution in [2.75, 3.05) is 26.3 Å². The third-order valence-electron chi connectivity index (χ3n) is 3.25. The van der Waals surface area contributed by atoms with Crippen LogP contribution >= 0.6 is 0 Å². The third kappa shape index (κ3) is 9.84. The second kappa shape index (κ2) is 15.2. The Morgan fingerprint density at radius 3 is 2.43 bits per heavy atom. The summed E-state index contributed by atoms with van der Waals surface area (Å²) in [6.45, 7) is 14.6. The molecule has 1 aliphatic rings. The summed E-state index contributed by atoms with van der Waals surface area (Å²) >= 11 is 0. The second-order valence-electron chi connectivity index (χ2n) is 4.84. The van der Waals surface area contributed by atoms with Crippen LogP contribution in [0.1, 0.15) is 31.4 Å². The predicted molar refractivity (Wildman–Crippen MR) is 102 cm³/mol. The topological polar surface area (TPSA) is 47.3 Å². The standard InChI is InChI=1S/C14H19N.C4H9NO.C2H4/c1-3-5-8-13(4-2)14-9-6-7-12(10-14)11-15;1-3-6-4-2-5-1;1-2/h3,5-10H,4,11,15H2,1-2H3;5H,1-4H2;1-2H2/b5-3-,13-8+;;. The number of nitrogens with two attached hydrogens (primary N) is 1. The Morgan fingerprint density at radius 2 is 2.00 bits per heavy atom. The van der Waals surface area contributed by atoms with Crippen molar-refractivity contribution in [1.29, 1.82) is 0 Å². The Balaban J connectivity index is 0.000000501. The Morgan fingerprint density at radius 1 is 1.30 bits per heavy atom. The number of nitrogens with one attached hydrogen (secondary N) is 1. The van der Waals surface area contributed by atoms with Gasteiger partial charge in [0.15, 0.2) is 0 Å². The average molecular weight is 316 g/mol. The molecule has 0 aliphatic carbocycles. The molecule has 1 fully saturated rings. The van der Waals surface area contributed by atoms with Crippen LogP contribution in [0.25, 0.3) is 5.57 Å². The van der Waals surface area contributed by atoms with Gasteiger partial charge in [0.25, 0.3) is 0 Å². The summed E-state index contributed by atoms with van der Waals surface area (Å²) in [4.78, 5) is 0. The predicted octanol–water partition coefficient (Wildman–Crippen LogP) is 3.92. The molecule has 0 saturated carbocycles. The first-order valence-electron chi connectivity index (χ1n) is 8.21. The molecular weight excluding hydrogens is 284 g/mol. The molecule has 3 nitrogen and oxygen atoms in total. The van der Waals surface area contributed by atoms with Gasteiger partial charge in [0.05, 0.1) is 13.2 Å². The van der Waals surface area contributed by atoms with Crippen LogP contribution in [0, 0.1) is 0 Å². The summed E-state index contributed by atoms with van der Waals surface area (Å²) in [6.07, 6.45) is 7.32. The van der Waals surface area contributed by atoms with Crippen molar-refractivity contribution < 1.29 is 4.74 Å². The first-order valence-corrected chi connectivity index (χ1v) is 8.21. The fourth-order valence-electron chi connectivity index (χ4n) is 2.04. The second-order valence-corrected chi connectivity index (χ2v) is 4.84. The van der Waals surface area contributed by atoms with Gasteiger partial charge in [-0.25, -0.2) is 0 Å². The van der Waals surface area contributed by atoms with Crippen LogP contribution < -0.4 is 11.1 Å². The number of benzene rings is 1. The van der Waals surface area contributed by atoms with Crippen LogP contribution in [0.2, 0.25) is 0 Å². The molecule has 1 aliphatic heterocycles. The van der Waals surface area contributed by atoms with Gasteiger partial charge in [0.1, 0.15) is 0 Å². The van der Waals surface area contributed by atoms with Crippen molar-refractivity contribution in [3.05, 3.63) is 66.8 Å². The number of rotatable bonds is 4. The van der Waals surface area contributed by atoms with Crippen molar-refractivity contribution in [3.8, 4) is 0 Å². The van der Waals surface area contributed by atoms with Crippen molar-refractivity contribution in [3.63, 3.8) is 0 Å². The molecule has 3 heteroatoms. The SMILES string of the molecule is C/C=C\C=C(/CC)c1cccc(CN)c1.C1COCCN1.C=C. The molecule has 1 heterocycles. The minimum Gasteiger partial charge on any atom is -0.379 e. The number of hydrogen-bond acceptors (Lipinski definition) is 3. The lowest BCUT2D eigenvalue weighted by atomic mass is 10.0. The number of morpholine rings is 1. The zero-order valence-corrected chi connectivity index (χ0v) is 14.7. The highest BCUT2D eigenvalue weighted by Gasteiger charge is 1.98. The van der Waals surface area contributed by atoms with E-state index in [2.05, 4.69) is 61.8 Å². The molecule has 0 aromatic heterocycles. The van der Waals surface area contributed by atoms with E-state index in [0.29, 0.717) is 6.54 Å². The largest absolute Gasteiger partial charge is 0.379 e. The molecule has 0 atom stereocenters. The average Bonchev–Trinajstić information content (AvgIpc) is 2.66. The van der Waals surface area contributed by atoms with Gasteiger partial charge in [-0.05, 0) is 30.0 Å². The van der Waals surface area contributed by atoms with Crippen LogP contribution in [0.4, 0.5) is 0 Å². The van der Waals surface area contributed by atoms with Gasteiger partial charge in [-0.15, -0.1) is 13.2 Å². The number of hydrogen-bond donors (Lipinski definition) is 2. The molecule has 0 bridgehead atoms. The Kier molecular flexibility index (Phi) is 14.1. The molecule has 0 amide bonds. The molecule has 2 rings (SSSR count). The van der Waals surface area contributed by atoms with Crippen molar-refractivity contribution in [2.24, 2.45) is 5.73 Å². The van der Waals surface area contributed by atoms with E-state index in [1.54, 1.807) is 0 Å². The van der Waals surface area contributed by atoms with Gasteiger partial charge in [0.2, 0.25) is 0 Å². The Bertz CT molecular complexity index is 451.